The van der Waals surface area contributed by atoms with Crippen molar-refractivity contribution in [2.75, 3.05) is 13.7 Å². The zero-order valence-corrected chi connectivity index (χ0v) is 11.8. The fourth-order valence-electron chi connectivity index (χ4n) is 2.07. The summed E-state index contributed by atoms with van der Waals surface area (Å²) in [5.74, 6) is 1.73. The summed E-state index contributed by atoms with van der Waals surface area (Å²) >= 11 is 6.18. The Morgan fingerprint density at radius 1 is 1.24 bits per heavy atom. The number of halogens is 1. The van der Waals surface area contributed by atoms with Crippen molar-refractivity contribution in [1.82, 2.24) is 0 Å². The van der Waals surface area contributed by atoms with Crippen LogP contribution in [0.15, 0.2) is 12.1 Å². The predicted molar refractivity (Wildman–Crippen MR) is 74.2 cm³/mol. The Morgan fingerprint density at radius 3 is 2.29 bits per heavy atom. The van der Waals surface area contributed by atoms with E-state index in [1.54, 1.807) is 7.11 Å². The van der Waals surface area contributed by atoms with Gasteiger partial charge in [0.05, 0.1) is 7.11 Å². The highest BCUT2D eigenvalue weighted by Crippen LogP contribution is 2.37. The normalized spacial score (nSPS) is 12.9. The molecule has 1 rings (SSSR count). The van der Waals surface area contributed by atoms with Crippen molar-refractivity contribution in [3.63, 3.8) is 0 Å². The molecule has 1 unspecified atom stereocenters. The van der Waals surface area contributed by atoms with Crippen LogP contribution in [0.5, 0.6) is 5.75 Å². The molecular weight excluding hydrogens is 234 g/mol. The molecule has 1 atom stereocenters. The van der Waals surface area contributed by atoms with Crippen LogP contribution >= 0.6 is 11.6 Å². The topological polar surface area (TPSA) is 35.2 Å². The van der Waals surface area contributed by atoms with E-state index in [4.69, 9.17) is 22.1 Å². The lowest BCUT2D eigenvalue weighted by Crippen LogP contribution is -2.07. The maximum absolute atomic E-state index is 6.18. The Morgan fingerprint density at radius 2 is 1.82 bits per heavy atom. The summed E-state index contributed by atoms with van der Waals surface area (Å²) in [5.41, 5.74) is 7.95. The van der Waals surface area contributed by atoms with Gasteiger partial charge in [-0.3, -0.25) is 0 Å². The molecule has 0 amide bonds. The van der Waals surface area contributed by atoms with Crippen LogP contribution in [0.4, 0.5) is 0 Å². The highest BCUT2D eigenvalue weighted by Gasteiger charge is 2.17. The molecule has 0 aliphatic rings. The molecule has 0 aliphatic carbocycles. The standard InChI is InChI=1S/C14H22ClNO/c1-9(2)12-7-11(15)8-13(14(12)17-4)10(3)5-6-16/h7-10H,5-6,16H2,1-4H3. The fraction of sp³-hybridized carbons (Fsp3) is 0.571. The van der Waals surface area contributed by atoms with Crippen LogP contribution in [0.1, 0.15) is 50.2 Å². The quantitative estimate of drug-likeness (QED) is 0.865. The molecule has 0 fully saturated rings. The zero-order chi connectivity index (χ0) is 13.0. The minimum atomic E-state index is 0.367. The van der Waals surface area contributed by atoms with Gasteiger partial charge in [-0.15, -0.1) is 0 Å². The van der Waals surface area contributed by atoms with Crippen LogP contribution in [-0.4, -0.2) is 13.7 Å². The first-order valence-corrected chi connectivity index (χ1v) is 6.46. The van der Waals surface area contributed by atoms with Crippen molar-refractivity contribution < 1.29 is 4.74 Å². The molecule has 0 saturated carbocycles. The number of ether oxygens (including phenoxy) is 1. The van der Waals surface area contributed by atoms with E-state index >= 15 is 0 Å². The first-order chi connectivity index (χ1) is 8.01. The molecule has 1 aromatic carbocycles. The molecule has 17 heavy (non-hydrogen) atoms. The monoisotopic (exact) mass is 255 g/mol. The van der Waals surface area contributed by atoms with Crippen molar-refractivity contribution in [3.05, 3.63) is 28.3 Å². The lowest BCUT2D eigenvalue weighted by atomic mass is 9.91. The van der Waals surface area contributed by atoms with Crippen molar-refractivity contribution in [3.8, 4) is 5.75 Å². The average Bonchev–Trinajstić information content (AvgIpc) is 2.28. The van der Waals surface area contributed by atoms with Crippen molar-refractivity contribution in [1.29, 1.82) is 0 Å². The molecule has 0 heterocycles. The minimum absolute atomic E-state index is 0.367. The molecule has 0 saturated heterocycles. The van der Waals surface area contributed by atoms with Gasteiger partial charge in [0.1, 0.15) is 5.75 Å². The van der Waals surface area contributed by atoms with E-state index in [1.165, 1.54) is 5.56 Å². The van der Waals surface area contributed by atoms with Crippen LogP contribution in [0.25, 0.3) is 0 Å². The summed E-state index contributed by atoms with van der Waals surface area (Å²) in [5, 5.41) is 0.772. The fourth-order valence-corrected chi connectivity index (χ4v) is 2.31. The van der Waals surface area contributed by atoms with Crippen LogP contribution in [0.3, 0.4) is 0 Å². The summed E-state index contributed by atoms with van der Waals surface area (Å²) in [6.45, 7) is 7.12. The van der Waals surface area contributed by atoms with Gasteiger partial charge in [0.25, 0.3) is 0 Å². The molecule has 3 heteroatoms. The molecule has 96 valence electrons. The molecule has 0 radical (unpaired) electrons. The lowest BCUT2D eigenvalue weighted by Gasteiger charge is -2.20. The minimum Gasteiger partial charge on any atom is -0.496 e. The maximum Gasteiger partial charge on any atom is 0.125 e. The third-order valence-corrected chi connectivity index (χ3v) is 3.29. The predicted octanol–water partition coefficient (Wildman–Crippen LogP) is 3.92. The lowest BCUT2D eigenvalue weighted by molar-refractivity contribution is 0.398. The van der Waals surface area contributed by atoms with Gasteiger partial charge in [-0.05, 0) is 48.1 Å². The van der Waals surface area contributed by atoms with Crippen molar-refractivity contribution in [2.24, 2.45) is 5.73 Å². The van der Waals surface area contributed by atoms with E-state index in [2.05, 4.69) is 20.8 Å². The Bertz CT molecular complexity index is 377. The summed E-state index contributed by atoms with van der Waals surface area (Å²) in [4.78, 5) is 0. The van der Waals surface area contributed by atoms with Crippen molar-refractivity contribution >= 4 is 11.6 Å². The van der Waals surface area contributed by atoms with E-state index in [9.17, 15) is 0 Å². The van der Waals surface area contributed by atoms with Gasteiger partial charge >= 0.3 is 0 Å². The number of hydrogen-bond donors (Lipinski definition) is 1. The Kier molecular flexibility index (Phi) is 5.29. The third-order valence-electron chi connectivity index (χ3n) is 3.07. The molecule has 0 spiro atoms. The van der Waals surface area contributed by atoms with Crippen LogP contribution < -0.4 is 10.5 Å². The second-order valence-corrected chi connectivity index (χ2v) is 5.19. The molecule has 2 N–H and O–H groups in total. The Balaban J connectivity index is 3.27. The van der Waals surface area contributed by atoms with Crippen LogP contribution in [-0.2, 0) is 0 Å². The van der Waals surface area contributed by atoms with Gasteiger partial charge in [0.2, 0.25) is 0 Å². The van der Waals surface area contributed by atoms with E-state index in [1.807, 2.05) is 12.1 Å². The van der Waals surface area contributed by atoms with E-state index in [0.29, 0.717) is 18.4 Å². The zero-order valence-electron chi connectivity index (χ0n) is 11.1. The number of benzene rings is 1. The van der Waals surface area contributed by atoms with Crippen molar-refractivity contribution in [2.45, 2.75) is 39.0 Å². The van der Waals surface area contributed by atoms with E-state index in [0.717, 1.165) is 22.8 Å². The number of hydrogen-bond acceptors (Lipinski definition) is 2. The summed E-state index contributed by atoms with van der Waals surface area (Å²) in [6, 6.07) is 3.98. The first kappa shape index (κ1) is 14.3. The third kappa shape index (κ3) is 3.36. The molecular formula is C14H22ClNO. The number of rotatable bonds is 5. The average molecular weight is 256 g/mol. The Labute approximate surface area is 109 Å². The van der Waals surface area contributed by atoms with Gasteiger partial charge in [0, 0.05) is 5.02 Å². The maximum atomic E-state index is 6.18. The van der Waals surface area contributed by atoms with Gasteiger partial charge in [-0.2, -0.15) is 0 Å². The van der Waals surface area contributed by atoms with Crippen LogP contribution in [0.2, 0.25) is 5.02 Å². The highest BCUT2D eigenvalue weighted by molar-refractivity contribution is 6.30. The van der Waals surface area contributed by atoms with Gasteiger partial charge < -0.3 is 10.5 Å². The Hall–Kier alpha value is -0.730. The highest BCUT2D eigenvalue weighted by atomic mass is 35.5. The molecule has 1 aromatic rings. The van der Waals surface area contributed by atoms with E-state index in [-0.39, 0.29) is 0 Å². The van der Waals surface area contributed by atoms with E-state index < -0.39 is 0 Å². The SMILES string of the molecule is COc1c(C(C)C)cc(Cl)cc1C(C)CCN. The second-order valence-electron chi connectivity index (χ2n) is 4.75. The summed E-state index contributed by atoms with van der Waals surface area (Å²) in [7, 11) is 1.72. The molecule has 0 bridgehead atoms. The molecule has 0 aromatic heterocycles. The smallest absolute Gasteiger partial charge is 0.125 e. The first-order valence-electron chi connectivity index (χ1n) is 6.08. The number of methoxy groups -OCH3 is 1. The van der Waals surface area contributed by atoms with Gasteiger partial charge in [-0.1, -0.05) is 32.4 Å². The summed E-state index contributed by atoms with van der Waals surface area (Å²) < 4.78 is 5.56. The summed E-state index contributed by atoms with van der Waals surface area (Å²) in [6.07, 6.45) is 0.939. The largest absolute Gasteiger partial charge is 0.496 e. The van der Waals surface area contributed by atoms with Gasteiger partial charge in [-0.25, -0.2) is 0 Å². The second kappa shape index (κ2) is 6.27. The molecule has 2 nitrogen and oxygen atoms in total. The van der Waals surface area contributed by atoms with Gasteiger partial charge in [0.15, 0.2) is 0 Å². The number of nitrogens with two attached hydrogens (primary N) is 1. The molecule has 0 aliphatic heterocycles. The van der Waals surface area contributed by atoms with Crippen LogP contribution in [0, 0.1) is 0 Å².